The average Bonchev–Trinajstić information content (AvgIpc) is 2.45. The highest BCUT2D eigenvalue weighted by molar-refractivity contribution is 6.29. The lowest BCUT2D eigenvalue weighted by molar-refractivity contribution is 0.0992. The topological polar surface area (TPSA) is 33.2 Å². The van der Waals surface area contributed by atoms with Crippen molar-refractivity contribution in [2.45, 2.75) is 26.2 Å². The second-order valence-corrected chi connectivity index (χ2v) is 6.40. The molecule has 0 saturated carbocycles. The van der Waals surface area contributed by atoms with E-state index >= 15 is 0 Å². The van der Waals surface area contributed by atoms with E-state index in [4.69, 9.17) is 11.6 Å². The summed E-state index contributed by atoms with van der Waals surface area (Å²) in [5, 5.41) is 0.340. The van der Waals surface area contributed by atoms with Crippen molar-refractivity contribution in [2.24, 2.45) is 0 Å². The van der Waals surface area contributed by atoms with Crippen LogP contribution in [0.2, 0.25) is 5.15 Å². The molecule has 0 aliphatic rings. The summed E-state index contributed by atoms with van der Waals surface area (Å²) < 4.78 is 0. The third-order valence-electron chi connectivity index (χ3n) is 3.26. The van der Waals surface area contributed by atoms with Gasteiger partial charge in [-0.05, 0) is 24.3 Å². The molecule has 4 heteroatoms. The van der Waals surface area contributed by atoms with E-state index in [1.165, 1.54) is 0 Å². The largest absolute Gasteiger partial charge is 0.311 e. The normalized spacial score (nSPS) is 11.3. The summed E-state index contributed by atoms with van der Waals surface area (Å²) >= 11 is 6.07. The van der Waals surface area contributed by atoms with Gasteiger partial charge in [0.15, 0.2) is 0 Å². The number of rotatable bonds is 2. The molecule has 1 aromatic heterocycles. The van der Waals surface area contributed by atoms with Gasteiger partial charge in [0.05, 0.1) is 0 Å². The summed E-state index contributed by atoms with van der Waals surface area (Å²) in [4.78, 5) is 18.5. The molecule has 110 valence electrons. The Kier molecular flexibility index (Phi) is 4.33. The molecule has 0 atom stereocenters. The van der Waals surface area contributed by atoms with E-state index in [0.717, 1.165) is 11.4 Å². The fourth-order valence-corrected chi connectivity index (χ4v) is 2.18. The molecule has 0 aliphatic heterocycles. The van der Waals surface area contributed by atoms with E-state index in [1.807, 2.05) is 57.2 Å². The van der Waals surface area contributed by atoms with Crippen LogP contribution in [0.25, 0.3) is 0 Å². The fraction of sp³-hybridized carbons (Fsp3) is 0.294. The van der Waals surface area contributed by atoms with Crippen molar-refractivity contribution in [3.8, 4) is 0 Å². The molecule has 1 heterocycles. The monoisotopic (exact) mass is 302 g/mol. The quantitative estimate of drug-likeness (QED) is 0.775. The molecule has 0 spiro atoms. The average molecular weight is 303 g/mol. The molecule has 21 heavy (non-hydrogen) atoms. The number of carbonyl (C=O) groups is 1. The summed E-state index contributed by atoms with van der Waals surface area (Å²) in [6.07, 6.45) is 0. The van der Waals surface area contributed by atoms with E-state index < -0.39 is 0 Å². The highest BCUT2D eigenvalue weighted by Gasteiger charge is 2.20. The van der Waals surface area contributed by atoms with Crippen molar-refractivity contribution in [3.05, 3.63) is 58.9 Å². The van der Waals surface area contributed by atoms with Crippen molar-refractivity contribution in [3.63, 3.8) is 0 Å². The SMILES string of the molecule is CN(C(=O)c1cc(Cl)nc(C(C)(C)C)c1)c1ccccc1. The van der Waals surface area contributed by atoms with Crippen molar-refractivity contribution in [1.82, 2.24) is 4.98 Å². The van der Waals surface area contributed by atoms with Crippen LogP contribution in [0, 0.1) is 0 Å². The van der Waals surface area contributed by atoms with Gasteiger partial charge in [-0.3, -0.25) is 4.79 Å². The predicted octanol–water partition coefficient (Wildman–Crippen LogP) is 4.31. The third-order valence-corrected chi connectivity index (χ3v) is 3.45. The van der Waals surface area contributed by atoms with E-state index in [1.54, 1.807) is 18.0 Å². The van der Waals surface area contributed by atoms with Crippen LogP contribution in [0.15, 0.2) is 42.5 Å². The summed E-state index contributed by atoms with van der Waals surface area (Å²) in [5.41, 5.74) is 2.03. The molecule has 1 aromatic carbocycles. The number of nitrogens with zero attached hydrogens (tertiary/aromatic N) is 2. The molecular weight excluding hydrogens is 284 g/mol. The lowest BCUT2D eigenvalue weighted by atomic mass is 9.91. The van der Waals surface area contributed by atoms with Crippen molar-refractivity contribution in [1.29, 1.82) is 0 Å². The number of halogens is 1. The minimum absolute atomic E-state index is 0.101. The van der Waals surface area contributed by atoms with Crippen molar-refractivity contribution < 1.29 is 4.79 Å². The van der Waals surface area contributed by atoms with Crippen molar-refractivity contribution >= 4 is 23.2 Å². The number of hydrogen-bond donors (Lipinski definition) is 0. The molecular formula is C17H19ClN2O. The number of carbonyl (C=O) groups excluding carboxylic acids is 1. The predicted molar refractivity (Wildman–Crippen MR) is 87.1 cm³/mol. The standard InChI is InChI=1S/C17H19ClN2O/c1-17(2,3)14-10-12(11-15(18)19-14)16(21)20(4)13-8-6-5-7-9-13/h5-11H,1-4H3. The van der Waals surface area contributed by atoms with Crippen LogP contribution in [-0.4, -0.2) is 17.9 Å². The number of aromatic nitrogens is 1. The van der Waals surface area contributed by atoms with Crippen LogP contribution >= 0.6 is 11.6 Å². The smallest absolute Gasteiger partial charge is 0.258 e. The van der Waals surface area contributed by atoms with Gasteiger partial charge < -0.3 is 4.90 Å². The second kappa shape index (κ2) is 5.86. The van der Waals surface area contributed by atoms with Crippen LogP contribution in [0.5, 0.6) is 0 Å². The van der Waals surface area contributed by atoms with E-state index in [-0.39, 0.29) is 11.3 Å². The molecule has 0 N–H and O–H groups in total. The Hall–Kier alpha value is -1.87. The Balaban J connectivity index is 2.38. The molecule has 0 unspecified atom stereocenters. The highest BCUT2D eigenvalue weighted by atomic mass is 35.5. The van der Waals surface area contributed by atoms with Crippen LogP contribution < -0.4 is 4.90 Å². The van der Waals surface area contributed by atoms with Crippen LogP contribution in [0.1, 0.15) is 36.8 Å². The van der Waals surface area contributed by atoms with Gasteiger partial charge in [0.1, 0.15) is 5.15 Å². The first-order valence-corrected chi connectivity index (χ1v) is 7.18. The summed E-state index contributed by atoms with van der Waals surface area (Å²) in [7, 11) is 1.75. The lowest BCUT2D eigenvalue weighted by Gasteiger charge is -2.21. The number of hydrogen-bond acceptors (Lipinski definition) is 2. The number of amides is 1. The first-order valence-electron chi connectivity index (χ1n) is 6.80. The van der Waals surface area contributed by atoms with Gasteiger partial charge in [0.25, 0.3) is 5.91 Å². The molecule has 0 fully saturated rings. The van der Waals surface area contributed by atoms with Gasteiger partial charge in [0, 0.05) is 29.4 Å². The van der Waals surface area contributed by atoms with Gasteiger partial charge in [-0.1, -0.05) is 50.6 Å². The second-order valence-electron chi connectivity index (χ2n) is 6.01. The molecule has 0 aliphatic carbocycles. The van der Waals surface area contributed by atoms with Crippen LogP contribution in [-0.2, 0) is 5.41 Å². The van der Waals surface area contributed by atoms with Gasteiger partial charge in [-0.2, -0.15) is 0 Å². The minimum atomic E-state index is -0.161. The van der Waals surface area contributed by atoms with E-state index in [2.05, 4.69) is 4.98 Å². The Bertz CT molecular complexity index is 648. The van der Waals surface area contributed by atoms with Crippen LogP contribution in [0.4, 0.5) is 5.69 Å². The van der Waals surface area contributed by atoms with E-state index in [0.29, 0.717) is 10.7 Å². The Morgan fingerprint density at radius 2 is 1.76 bits per heavy atom. The maximum atomic E-state index is 12.6. The van der Waals surface area contributed by atoms with E-state index in [9.17, 15) is 4.79 Å². The molecule has 2 aromatic rings. The maximum Gasteiger partial charge on any atom is 0.258 e. The zero-order valence-corrected chi connectivity index (χ0v) is 13.5. The van der Waals surface area contributed by atoms with Gasteiger partial charge in [0.2, 0.25) is 0 Å². The highest BCUT2D eigenvalue weighted by Crippen LogP contribution is 2.24. The zero-order chi connectivity index (χ0) is 15.6. The Labute approximate surface area is 130 Å². The molecule has 1 amide bonds. The Morgan fingerprint density at radius 3 is 2.33 bits per heavy atom. The zero-order valence-electron chi connectivity index (χ0n) is 12.7. The fourth-order valence-electron chi connectivity index (χ4n) is 1.97. The summed E-state index contributed by atoms with van der Waals surface area (Å²) in [6, 6.07) is 12.9. The number of anilines is 1. The van der Waals surface area contributed by atoms with Gasteiger partial charge in [-0.15, -0.1) is 0 Å². The first-order chi connectivity index (χ1) is 9.79. The first kappa shape index (κ1) is 15.5. The molecule has 3 nitrogen and oxygen atoms in total. The molecule has 0 bridgehead atoms. The number of para-hydroxylation sites is 1. The molecule has 0 saturated heterocycles. The number of pyridine rings is 1. The third kappa shape index (κ3) is 3.61. The minimum Gasteiger partial charge on any atom is -0.311 e. The van der Waals surface area contributed by atoms with Crippen molar-refractivity contribution in [2.75, 3.05) is 11.9 Å². The summed E-state index contributed by atoms with van der Waals surface area (Å²) in [6.45, 7) is 6.13. The maximum absolute atomic E-state index is 12.6. The lowest BCUT2D eigenvalue weighted by Crippen LogP contribution is -2.27. The Morgan fingerprint density at radius 1 is 1.14 bits per heavy atom. The van der Waals surface area contributed by atoms with Gasteiger partial charge in [-0.25, -0.2) is 4.98 Å². The molecule has 2 rings (SSSR count). The van der Waals surface area contributed by atoms with Crippen LogP contribution in [0.3, 0.4) is 0 Å². The van der Waals surface area contributed by atoms with Gasteiger partial charge >= 0.3 is 0 Å². The molecule has 0 radical (unpaired) electrons. The number of benzene rings is 1. The summed E-state index contributed by atoms with van der Waals surface area (Å²) in [5.74, 6) is -0.101.